The van der Waals surface area contributed by atoms with E-state index in [2.05, 4.69) is 10.3 Å². The smallest absolute Gasteiger partial charge is 0.305 e. The summed E-state index contributed by atoms with van der Waals surface area (Å²) >= 11 is 5.77. The molecule has 1 amide bonds. The summed E-state index contributed by atoms with van der Waals surface area (Å²) in [6, 6.07) is 2.61. The molecule has 6 nitrogen and oxygen atoms in total. The minimum absolute atomic E-state index is 0.0108. The molecule has 7 heteroatoms. The minimum Gasteiger partial charge on any atom is -0.305 e. The van der Waals surface area contributed by atoms with Crippen LogP contribution in [0.5, 0.6) is 0 Å². The van der Waals surface area contributed by atoms with E-state index in [9.17, 15) is 14.9 Å². The van der Waals surface area contributed by atoms with Gasteiger partial charge >= 0.3 is 5.69 Å². The van der Waals surface area contributed by atoms with Gasteiger partial charge in [-0.2, -0.15) is 0 Å². The highest BCUT2D eigenvalue weighted by Crippen LogP contribution is 2.69. The Kier molecular flexibility index (Phi) is 2.73. The molecule has 0 saturated heterocycles. The Bertz CT molecular complexity index is 634. The highest BCUT2D eigenvalue weighted by Gasteiger charge is 2.67. The van der Waals surface area contributed by atoms with Gasteiger partial charge in [0.15, 0.2) is 0 Å². The van der Waals surface area contributed by atoms with Gasteiger partial charge in [0.1, 0.15) is 5.15 Å². The Balaban J connectivity index is 1.53. The van der Waals surface area contributed by atoms with Gasteiger partial charge in [-0.05, 0) is 49.0 Å². The zero-order valence-electron chi connectivity index (χ0n) is 11.2. The van der Waals surface area contributed by atoms with Crippen LogP contribution >= 0.6 is 11.6 Å². The number of aromatic nitrogens is 1. The number of pyridine rings is 1. The van der Waals surface area contributed by atoms with E-state index in [1.807, 2.05) is 0 Å². The zero-order valence-corrected chi connectivity index (χ0v) is 11.9. The molecule has 1 N–H and O–H groups in total. The largest absolute Gasteiger partial charge is 0.311 e. The summed E-state index contributed by atoms with van der Waals surface area (Å²) in [5.74, 6) is 2.16. The van der Waals surface area contributed by atoms with Crippen molar-refractivity contribution in [2.24, 2.45) is 29.6 Å². The molecular formula is C14H14ClN3O3. The van der Waals surface area contributed by atoms with Gasteiger partial charge in [-0.15, -0.1) is 0 Å². The van der Waals surface area contributed by atoms with E-state index >= 15 is 0 Å². The number of fused-ring (bicyclic) bond motifs is 5. The molecule has 2 bridgehead atoms. The van der Waals surface area contributed by atoms with Gasteiger partial charge in [0.05, 0.1) is 4.92 Å². The third-order valence-electron chi connectivity index (χ3n) is 5.32. The molecule has 0 aromatic carbocycles. The van der Waals surface area contributed by atoms with Gasteiger partial charge in [0.2, 0.25) is 11.7 Å². The number of carbonyl (C=O) groups is 1. The van der Waals surface area contributed by atoms with Crippen LogP contribution in [0.1, 0.15) is 19.3 Å². The van der Waals surface area contributed by atoms with Crippen LogP contribution < -0.4 is 5.32 Å². The Morgan fingerprint density at radius 1 is 1.33 bits per heavy atom. The van der Waals surface area contributed by atoms with Gasteiger partial charge in [-0.25, -0.2) is 4.98 Å². The van der Waals surface area contributed by atoms with Gasteiger partial charge in [0, 0.05) is 12.0 Å². The summed E-state index contributed by atoms with van der Waals surface area (Å²) < 4.78 is 0. The van der Waals surface area contributed by atoms with Crippen LogP contribution in [0.2, 0.25) is 5.15 Å². The number of rotatable bonds is 3. The molecule has 3 saturated carbocycles. The number of halogens is 1. The fraction of sp³-hybridized carbons (Fsp3) is 0.571. The molecule has 3 fully saturated rings. The summed E-state index contributed by atoms with van der Waals surface area (Å²) in [5.41, 5.74) is -0.221. The Labute approximate surface area is 126 Å². The first kappa shape index (κ1) is 13.0. The van der Waals surface area contributed by atoms with Crippen molar-refractivity contribution in [2.45, 2.75) is 19.3 Å². The predicted molar refractivity (Wildman–Crippen MR) is 75.8 cm³/mol. The fourth-order valence-corrected chi connectivity index (χ4v) is 4.69. The number of nitro groups is 1. The summed E-state index contributed by atoms with van der Waals surface area (Å²) in [7, 11) is 0. The predicted octanol–water partition coefficient (Wildman–Crippen LogP) is 2.87. The van der Waals surface area contributed by atoms with Crippen LogP contribution in [0, 0.1) is 39.7 Å². The monoisotopic (exact) mass is 307 g/mol. The average Bonchev–Trinajstić information content (AvgIpc) is 2.88. The topological polar surface area (TPSA) is 85.1 Å². The van der Waals surface area contributed by atoms with E-state index in [1.165, 1.54) is 31.4 Å². The van der Waals surface area contributed by atoms with Gasteiger partial charge in [-0.3, -0.25) is 14.9 Å². The molecule has 110 valence electrons. The third-order valence-corrected chi connectivity index (χ3v) is 5.53. The number of nitrogens with one attached hydrogen (secondary N) is 1. The molecule has 4 rings (SSSR count). The van der Waals surface area contributed by atoms with E-state index in [0.29, 0.717) is 23.7 Å². The zero-order chi connectivity index (χ0) is 14.7. The van der Waals surface area contributed by atoms with Crippen LogP contribution in [0.3, 0.4) is 0 Å². The van der Waals surface area contributed by atoms with Crippen molar-refractivity contribution in [1.82, 2.24) is 4.98 Å². The summed E-state index contributed by atoms with van der Waals surface area (Å²) in [4.78, 5) is 26.7. The molecule has 1 aromatic heterocycles. The molecule has 0 spiro atoms. The van der Waals surface area contributed by atoms with Crippen LogP contribution in [0.25, 0.3) is 0 Å². The maximum Gasteiger partial charge on any atom is 0.311 e. The lowest BCUT2D eigenvalue weighted by Crippen LogP contribution is -2.20. The lowest BCUT2D eigenvalue weighted by Gasteiger charge is -2.09. The number of hydrogen-bond acceptors (Lipinski definition) is 4. The number of nitrogens with zero attached hydrogens (tertiary/aromatic N) is 2. The van der Waals surface area contributed by atoms with Crippen molar-refractivity contribution >= 4 is 29.0 Å². The summed E-state index contributed by atoms with van der Waals surface area (Å²) in [5, 5.41) is 13.7. The number of anilines is 1. The second-order valence-corrected chi connectivity index (χ2v) is 6.65. The Morgan fingerprint density at radius 2 is 2.00 bits per heavy atom. The van der Waals surface area contributed by atoms with E-state index in [-0.39, 0.29) is 28.5 Å². The quantitative estimate of drug-likeness (QED) is 0.528. The molecule has 3 aliphatic carbocycles. The maximum absolute atomic E-state index is 12.4. The molecule has 4 unspecified atom stereocenters. The van der Waals surface area contributed by atoms with Crippen molar-refractivity contribution < 1.29 is 9.72 Å². The van der Waals surface area contributed by atoms with Crippen LogP contribution in [0.15, 0.2) is 12.1 Å². The number of amides is 1. The first-order valence-electron chi connectivity index (χ1n) is 7.18. The summed E-state index contributed by atoms with van der Waals surface area (Å²) in [6.07, 6.45) is 3.71. The maximum atomic E-state index is 12.4. The molecule has 21 heavy (non-hydrogen) atoms. The SMILES string of the molecule is O=C(Nc1nc(Cl)ccc1[N+](=O)[O-])C1C2C3CCC(C3)C12. The standard InChI is InChI=1S/C14H14ClN3O3/c15-9-4-3-8(18(20)21)13(16-9)17-14(19)12-10-6-1-2-7(5-6)11(10)12/h3-4,6-7,10-12H,1-2,5H2,(H,16,17,19). The molecule has 4 atom stereocenters. The molecular weight excluding hydrogens is 294 g/mol. The fourth-order valence-electron chi connectivity index (χ4n) is 4.54. The minimum atomic E-state index is -0.559. The second kappa shape index (κ2) is 4.40. The molecule has 1 heterocycles. The van der Waals surface area contributed by atoms with Gasteiger partial charge in [-0.1, -0.05) is 11.6 Å². The average molecular weight is 308 g/mol. The van der Waals surface area contributed by atoms with Crippen LogP contribution in [0.4, 0.5) is 11.5 Å². The van der Waals surface area contributed by atoms with Crippen molar-refractivity contribution in [1.29, 1.82) is 0 Å². The lowest BCUT2D eigenvalue weighted by atomic mass is 10.0. The molecule has 3 aliphatic rings. The second-order valence-electron chi connectivity index (χ2n) is 6.26. The highest BCUT2D eigenvalue weighted by atomic mass is 35.5. The van der Waals surface area contributed by atoms with Crippen LogP contribution in [-0.2, 0) is 4.79 Å². The Hall–Kier alpha value is -1.69. The van der Waals surface area contributed by atoms with Crippen molar-refractivity contribution in [3.8, 4) is 0 Å². The van der Waals surface area contributed by atoms with Crippen molar-refractivity contribution in [2.75, 3.05) is 5.32 Å². The van der Waals surface area contributed by atoms with Crippen molar-refractivity contribution in [3.05, 3.63) is 27.4 Å². The van der Waals surface area contributed by atoms with E-state index in [1.54, 1.807) is 0 Å². The molecule has 0 aliphatic heterocycles. The van der Waals surface area contributed by atoms with E-state index in [4.69, 9.17) is 11.6 Å². The first-order chi connectivity index (χ1) is 10.1. The first-order valence-corrected chi connectivity index (χ1v) is 7.56. The summed E-state index contributed by atoms with van der Waals surface area (Å²) in [6.45, 7) is 0. The van der Waals surface area contributed by atoms with Crippen LogP contribution in [-0.4, -0.2) is 15.8 Å². The van der Waals surface area contributed by atoms with Crippen molar-refractivity contribution in [3.63, 3.8) is 0 Å². The number of carbonyl (C=O) groups excluding carboxylic acids is 1. The highest BCUT2D eigenvalue weighted by molar-refractivity contribution is 6.29. The third kappa shape index (κ3) is 1.92. The van der Waals surface area contributed by atoms with E-state index in [0.717, 1.165) is 0 Å². The molecule has 1 aromatic rings. The van der Waals surface area contributed by atoms with E-state index < -0.39 is 4.92 Å². The normalized spacial score (nSPS) is 35.4. The molecule has 0 radical (unpaired) electrons. The van der Waals surface area contributed by atoms with Gasteiger partial charge in [0.25, 0.3) is 0 Å². The lowest BCUT2D eigenvalue weighted by molar-refractivity contribution is -0.384. The number of hydrogen-bond donors (Lipinski definition) is 1. The van der Waals surface area contributed by atoms with Gasteiger partial charge < -0.3 is 5.32 Å². The Morgan fingerprint density at radius 3 is 2.62 bits per heavy atom.